The van der Waals surface area contributed by atoms with Gasteiger partial charge in [-0.25, -0.2) is 0 Å². The highest BCUT2D eigenvalue weighted by Crippen LogP contribution is 2.44. The van der Waals surface area contributed by atoms with Crippen molar-refractivity contribution in [2.24, 2.45) is 0 Å². The number of carbonyl (C=O) groups excluding carboxylic acids is 1. The molecule has 1 aliphatic heterocycles. The van der Waals surface area contributed by atoms with E-state index in [0.717, 1.165) is 43.2 Å². The summed E-state index contributed by atoms with van der Waals surface area (Å²) in [6, 6.07) is 6.38. The standard InChI is InChI=1S/C20H27NO2/c1-5-17-18(16-12-13(2)6-7-14(16)3)19(22)21-20(17)10-8-15(23-4)9-11-20/h6-7,12,15H,5,8-11H2,1-4H3,(H,21,22). The van der Waals surface area contributed by atoms with Crippen LogP contribution < -0.4 is 5.32 Å². The van der Waals surface area contributed by atoms with E-state index in [2.05, 4.69) is 44.3 Å². The fourth-order valence-corrected chi connectivity index (χ4v) is 4.28. The molecule has 3 heteroatoms. The van der Waals surface area contributed by atoms with Crippen molar-refractivity contribution in [1.29, 1.82) is 0 Å². The van der Waals surface area contributed by atoms with Gasteiger partial charge in [0.2, 0.25) is 0 Å². The van der Waals surface area contributed by atoms with Crippen molar-refractivity contribution in [2.75, 3.05) is 7.11 Å². The average Bonchev–Trinajstić information content (AvgIpc) is 2.81. The van der Waals surface area contributed by atoms with Gasteiger partial charge in [-0.1, -0.05) is 30.7 Å². The summed E-state index contributed by atoms with van der Waals surface area (Å²) < 4.78 is 5.51. The second kappa shape index (κ2) is 6.12. The first-order chi connectivity index (χ1) is 11.0. The molecular formula is C20H27NO2. The van der Waals surface area contributed by atoms with Crippen LogP contribution in [0.3, 0.4) is 0 Å². The topological polar surface area (TPSA) is 38.3 Å². The zero-order chi connectivity index (χ0) is 16.6. The van der Waals surface area contributed by atoms with E-state index in [1.807, 2.05) is 0 Å². The lowest BCUT2D eigenvalue weighted by Gasteiger charge is -2.39. The number of methoxy groups -OCH3 is 1. The van der Waals surface area contributed by atoms with E-state index in [1.165, 1.54) is 16.7 Å². The molecule has 124 valence electrons. The zero-order valence-corrected chi connectivity index (χ0v) is 14.7. The lowest BCUT2D eigenvalue weighted by Crippen LogP contribution is -2.48. The van der Waals surface area contributed by atoms with Gasteiger partial charge < -0.3 is 10.1 Å². The summed E-state index contributed by atoms with van der Waals surface area (Å²) in [7, 11) is 1.79. The third-order valence-electron chi connectivity index (χ3n) is 5.59. The Labute approximate surface area is 139 Å². The predicted octanol–water partition coefficient (Wildman–Crippen LogP) is 3.92. The number of aryl methyl sites for hydroxylation is 2. The second-order valence-corrected chi connectivity index (χ2v) is 7.00. The monoisotopic (exact) mass is 313 g/mol. The Bertz CT molecular complexity index is 652. The molecule has 0 saturated heterocycles. The maximum absolute atomic E-state index is 12.8. The van der Waals surface area contributed by atoms with E-state index in [0.29, 0.717) is 6.10 Å². The first-order valence-corrected chi connectivity index (χ1v) is 8.67. The van der Waals surface area contributed by atoms with Crippen molar-refractivity contribution in [3.05, 3.63) is 40.5 Å². The van der Waals surface area contributed by atoms with Crippen LogP contribution in [-0.4, -0.2) is 24.7 Å². The van der Waals surface area contributed by atoms with E-state index in [4.69, 9.17) is 4.74 Å². The van der Waals surface area contributed by atoms with E-state index in [1.54, 1.807) is 7.11 Å². The van der Waals surface area contributed by atoms with Gasteiger partial charge in [-0.2, -0.15) is 0 Å². The third-order valence-corrected chi connectivity index (χ3v) is 5.59. The van der Waals surface area contributed by atoms with Crippen LogP contribution in [0, 0.1) is 13.8 Å². The highest BCUT2D eigenvalue weighted by molar-refractivity contribution is 6.24. The molecule has 0 bridgehead atoms. The minimum Gasteiger partial charge on any atom is -0.381 e. The van der Waals surface area contributed by atoms with Gasteiger partial charge in [-0.3, -0.25) is 4.79 Å². The summed E-state index contributed by atoms with van der Waals surface area (Å²) >= 11 is 0. The molecule has 0 atom stereocenters. The number of hydrogen-bond donors (Lipinski definition) is 1. The van der Waals surface area contributed by atoms with E-state index in [9.17, 15) is 4.79 Å². The van der Waals surface area contributed by atoms with Gasteiger partial charge in [0.05, 0.1) is 11.6 Å². The number of amides is 1. The molecule has 1 saturated carbocycles. The van der Waals surface area contributed by atoms with Crippen molar-refractivity contribution in [3.8, 4) is 0 Å². The Balaban J connectivity index is 2.05. The number of rotatable bonds is 3. The quantitative estimate of drug-likeness (QED) is 0.918. The molecule has 23 heavy (non-hydrogen) atoms. The summed E-state index contributed by atoms with van der Waals surface area (Å²) in [5.41, 5.74) is 5.55. The summed E-state index contributed by atoms with van der Waals surface area (Å²) in [6.07, 6.45) is 5.24. The maximum Gasteiger partial charge on any atom is 0.252 e. The van der Waals surface area contributed by atoms with Crippen LogP contribution in [0.1, 0.15) is 55.7 Å². The third kappa shape index (κ3) is 2.72. The molecule has 1 N–H and O–H groups in total. The zero-order valence-electron chi connectivity index (χ0n) is 14.7. The molecule has 1 fully saturated rings. The number of carbonyl (C=O) groups is 1. The molecule has 1 amide bonds. The molecule has 1 heterocycles. The molecule has 1 aliphatic carbocycles. The lowest BCUT2D eigenvalue weighted by atomic mass is 9.74. The van der Waals surface area contributed by atoms with Crippen LogP contribution in [0.4, 0.5) is 0 Å². The van der Waals surface area contributed by atoms with Crippen molar-refractivity contribution in [3.63, 3.8) is 0 Å². The van der Waals surface area contributed by atoms with Crippen molar-refractivity contribution < 1.29 is 9.53 Å². The van der Waals surface area contributed by atoms with Crippen LogP contribution in [0.25, 0.3) is 5.57 Å². The van der Waals surface area contributed by atoms with Crippen LogP contribution in [0.2, 0.25) is 0 Å². The molecule has 2 aliphatic rings. The summed E-state index contributed by atoms with van der Waals surface area (Å²) in [6.45, 7) is 6.35. The minimum absolute atomic E-state index is 0.103. The first-order valence-electron chi connectivity index (χ1n) is 8.67. The summed E-state index contributed by atoms with van der Waals surface area (Å²) in [5, 5.41) is 3.34. The maximum atomic E-state index is 12.8. The van der Waals surface area contributed by atoms with E-state index >= 15 is 0 Å². The van der Waals surface area contributed by atoms with Gasteiger partial charge in [0.1, 0.15) is 0 Å². The molecule has 1 spiro atoms. The highest BCUT2D eigenvalue weighted by Gasteiger charge is 2.46. The van der Waals surface area contributed by atoms with Gasteiger partial charge in [0.15, 0.2) is 0 Å². The molecule has 0 aromatic heterocycles. The minimum atomic E-state index is -0.146. The Hall–Kier alpha value is -1.61. The predicted molar refractivity (Wildman–Crippen MR) is 93.3 cm³/mol. The average molecular weight is 313 g/mol. The normalized spacial score (nSPS) is 27.7. The largest absolute Gasteiger partial charge is 0.381 e. The molecule has 1 aromatic carbocycles. The molecule has 0 radical (unpaired) electrons. The summed E-state index contributed by atoms with van der Waals surface area (Å²) in [5.74, 6) is 0.103. The van der Waals surface area contributed by atoms with Crippen molar-refractivity contribution in [1.82, 2.24) is 5.32 Å². The Kier molecular flexibility index (Phi) is 4.33. The summed E-state index contributed by atoms with van der Waals surface area (Å²) in [4.78, 5) is 12.8. The Morgan fingerprint density at radius 2 is 1.96 bits per heavy atom. The van der Waals surface area contributed by atoms with Gasteiger partial charge >= 0.3 is 0 Å². The van der Waals surface area contributed by atoms with E-state index < -0.39 is 0 Å². The van der Waals surface area contributed by atoms with Gasteiger partial charge in [-0.05, 0) is 62.7 Å². The molecule has 3 nitrogen and oxygen atoms in total. The van der Waals surface area contributed by atoms with Crippen LogP contribution in [-0.2, 0) is 9.53 Å². The Morgan fingerprint density at radius 1 is 1.26 bits per heavy atom. The van der Waals surface area contributed by atoms with E-state index in [-0.39, 0.29) is 11.4 Å². The van der Waals surface area contributed by atoms with Crippen molar-refractivity contribution >= 4 is 11.5 Å². The SMILES string of the molecule is CCC1=C(c2cc(C)ccc2C)C(=O)NC12CCC(OC)CC2. The number of hydrogen-bond acceptors (Lipinski definition) is 2. The fraction of sp³-hybridized carbons (Fsp3) is 0.550. The second-order valence-electron chi connectivity index (χ2n) is 7.00. The van der Waals surface area contributed by atoms with Crippen LogP contribution in [0.15, 0.2) is 23.8 Å². The number of ether oxygens (including phenoxy) is 1. The lowest BCUT2D eigenvalue weighted by molar-refractivity contribution is -0.116. The number of nitrogens with one attached hydrogen (secondary N) is 1. The highest BCUT2D eigenvalue weighted by atomic mass is 16.5. The van der Waals surface area contributed by atoms with Gasteiger partial charge in [0.25, 0.3) is 5.91 Å². The van der Waals surface area contributed by atoms with Gasteiger partial charge in [-0.15, -0.1) is 0 Å². The molecule has 0 unspecified atom stereocenters. The van der Waals surface area contributed by atoms with Crippen LogP contribution in [0.5, 0.6) is 0 Å². The molecule has 1 aromatic rings. The van der Waals surface area contributed by atoms with Crippen LogP contribution >= 0.6 is 0 Å². The smallest absolute Gasteiger partial charge is 0.252 e. The number of benzene rings is 1. The van der Waals surface area contributed by atoms with Gasteiger partial charge in [0, 0.05) is 12.7 Å². The molecular weight excluding hydrogens is 286 g/mol. The molecule has 3 rings (SSSR count). The first kappa shape index (κ1) is 16.3. The fourth-order valence-electron chi connectivity index (χ4n) is 4.28. The Morgan fingerprint density at radius 3 is 2.57 bits per heavy atom. The van der Waals surface area contributed by atoms with Crippen molar-refractivity contribution in [2.45, 2.75) is 64.5 Å².